The minimum atomic E-state index is 0.0459. The van der Waals surface area contributed by atoms with Gasteiger partial charge in [0, 0.05) is 30.1 Å². The van der Waals surface area contributed by atoms with E-state index in [9.17, 15) is 4.79 Å². The summed E-state index contributed by atoms with van der Waals surface area (Å²) in [5.41, 5.74) is 1.81. The van der Waals surface area contributed by atoms with Crippen LogP contribution >= 0.6 is 0 Å². The van der Waals surface area contributed by atoms with Crippen LogP contribution in [0.1, 0.15) is 12.8 Å². The molecule has 1 amide bonds. The number of carbonyl (C=O) groups is 1. The molecule has 1 aliphatic rings. The van der Waals surface area contributed by atoms with Gasteiger partial charge in [-0.2, -0.15) is 0 Å². The van der Waals surface area contributed by atoms with Crippen molar-refractivity contribution in [3.63, 3.8) is 0 Å². The number of amides is 1. The molecule has 0 radical (unpaired) electrons. The first-order valence-electron chi connectivity index (χ1n) is 8.62. The summed E-state index contributed by atoms with van der Waals surface area (Å²) in [5.74, 6) is 1.12. The lowest BCUT2D eigenvalue weighted by atomic mass is 9.95. The van der Waals surface area contributed by atoms with Crippen LogP contribution in [0.3, 0.4) is 0 Å². The summed E-state index contributed by atoms with van der Waals surface area (Å²) in [5, 5.41) is 4.08. The Bertz CT molecular complexity index is 868. The number of hydrogen-bond acceptors (Lipinski definition) is 4. The van der Waals surface area contributed by atoms with E-state index in [0.29, 0.717) is 0 Å². The second-order valence-electron chi connectivity index (χ2n) is 6.33. The third kappa shape index (κ3) is 3.31. The van der Waals surface area contributed by atoms with Gasteiger partial charge in [0.05, 0.1) is 5.52 Å². The second-order valence-corrected chi connectivity index (χ2v) is 6.33. The lowest BCUT2D eigenvalue weighted by Crippen LogP contribution is -2.38. The van der Waals surface area contributed by atoms with E-state index in [2.05, 4.69) is 26.3 Å². The van der Waals surface area contributed by atoms with Crippen molar-refractivity contribution < 1.29 is 4.79 Å². The van der Waals surface area contributed by atoms with Crippen molar-refractivity contribution in [3.8, 4) is 0 Å². The Morgan fingerprint density at radius 1 is 0.960 bits per heavy atom. The minimum absolute atomic E-state index is 0.0459. The lowest BCUT2D eigenvalue weighted by molar-refractivity contribution is -0.120. The molecule has 0 bridgehead atoms. The molecule has 126 valence electrons. The number of aromatic nitrogens is 2. The number of fused-ring (bicyclic) bond motifs is 1. The van der Waals surface area contributed by atoms with Gasteiger partial charge in [0.2, 0.25) is 5.91 Å². The molecule has 2 aromatic carbocycles. The minimum Gasteiger partial charge on any atom is -0.356 e. The van der Waals surface area contributed by atoms with Gasteiger partial charge in [-0.05, 0) is 37.1 Å². The van der Waals surface area contributed by atoms with Crippen LogP contribution < -0.4 is 10.2 Å². The normalized spacial score (nSPS) is 15.3. The van der Waals surface area contributed by atoms with Crippen molar-refractivity contribution >= 4 is 28.3 Å². The number of rotatable bonds is 3. The molecule has 5 nitrogen and oxygen atoms in total. The van der Waals surface area contributed by atoms with Crippen LogP contribution in [-0.2, 0) is 4.79 Å². The first-order chi connectivity index (χ1) is 12.3. The van der Waals surface area contributed by atoms with Crippen molar-refractivity contribution in [1.29, 1.82) is 0 Å². The maximum Gasteiger partial charge on any atom is 0.227 e. The maximum atomic E-state index is 12.5. The average Bonchev–Trinajstić information content (AvgIpc) is 2.68. The standard InChI is InChI=1S/C20H20N4O/c25-20(23-16-6-2-1-3-7-16)15-10-12-24(13-11-15)19-17-8-4-5-9-18(17)21-14-22-19/h1-9,14-15H,10-13H2,(H,23,25). The molecule has 5 heteroatoms. The highest BCUT2D eigenvalue weighted by Crippen LogP contribution is 2.27. The van der Waals surface area contributed by atoms with Crippen LogP contribution in [-0.4, -0.2) is 29.0 Å². The molecular weight excluding hydrogens is 312 g/mol. The molecule has 1 saturated heterocycles. The van der Waals surface area contributed by atoms with Crippen LogP contribution in [0, 0.1) is 5.92 Å². The third-order valence-corrected chi connectivity index (χ3v) is 4.73. The summed E-state index contributed by atoms with van der Waals surface area (Å²) in [6.07, 6.45) is 3.28. The van der Waals surface area contributed by atoms with E-state index in [1.54, 1.807) is 6.33 Å². The number of nitrogens with zero attached hydrogens (tertiary/aromatic N) is 3. The number of hydrogen-bond donors (Lipinski definition) is 1. The molecule has 0 saturated carbocycles. The van der Waals surface area contributed by atoms with E-state index >= 15 is 0 Å². The van der Waals surface area contributed by atoms with Gasteiger partial charge in [0.1, 0.15) is 12.1 Å². The zero-order valence-electron chi connectivity index (χ0n) is 13.9. The van der Waals surface area contributed by atoms with Crippen LogP contribution in [0.5, 0.6) is 0 Å². The quantitative estimate of drug-likeness (QED) is 0.798. The largest absolute Gasteiger partial charge is 0.356 e. The first-order valence-corrected chi connectivity index (χ1v) is 8.62. The Morgan fingerprint density at radius 3 is 2.48 bits per heavy atom. The fourth-order valence-electron chi connectivity index (χ4n) is 3.36. The highest BCUT2D eigenvalue weighted by Gasteiger charge is 2.26. The van der Waals surface area contributed by atoms with Crippen molar-refractivity contribution in [3.05, 3.63) is 60.9 Å². The highest BCUT2D eigenvalue weighted by molar-refractivity contribution is 5.93. The summed E-state index contributed by atoms with van der Waals surface area (Å²) < 4.78 is 0. The van der Waals surface area contributed by atoms with Crippen LogP contribution in [0.4, 0.5) is 11.5 Å². The maximum absolute atomic E-state index is 12.5. The fourth-order valence-corrected chi connectivity index (χ4v) is 3.36. The summed E-state index contributed by atoms with van der Waals surface area (Å²) in [6, 6.07) is 17.7. The number of benzene rings is 2. The SMILES string of the molecule is O=C(Nc1ccccc1)C1CCN(c2ncnc3ccccc23)CC1. The van der Waals surface area contributed by atoms with Crippen molar-refractivity contribution in [2.75, 3.05) is 23.3 Å². The molecule has 25 heavy (non-hydrogen) atoms. The molecule has 2 heterocycles. The topological polar surface area (TPSA) is 58.1 Å². The Balaban J connectivity index is 1.43. The predicted octanol–water partition coefficient (Wildman–Crippen LogP) is 3.48. The predicted molar refractivity (Wildman–Crippen MR) is 99.5 cm³/mol. The highest BCUT2D eigenvalue weighted by atomic mass is 16.1. The molecule has 0 atom stereocenters. The smallest absolute Gasteiger partial charge is 0.227 e. The Labute approximate surface area is 146 Å². The third-order valence-electron chi connectivity index (χ3n) is 4.73. The monoisotopic (exact) mass is 332 g/mol. The Kier molecular flexibility index (Phi) is 4.29. The number of piperidine rings is 1. The van der Waals surface area contributed by atoms with Crippen LogP contribution in [0.2, 0.25) is 0 Å². The number of carbonyl (C=O) groups excluding carboxylic acids is 1. The van der Waals surface area contributed by atoms with E-state index in [1.165, 1.54) is 0 Å². The molecule has 0 aliphatic carbocycles. The number of anilines is 2. The Morgan fingerprint density at radius 2 is 1.68 bits per heavy atom. The van der Waals surface area contributed by atoms with E-state index in [4.69, 9.17) is 0 Å². The zero-order chi connectivity index (χ0) is 17.1. The van der Waals surface area contributed by atoms with Gasteiger partial charge in [0.25, 0.3) is 0 Å². The van der Waals surface area contributed by atoms with Gasteiger partial charge >= 0.3 is 0 Å². The molecule has 1 fully saturated rings. The van der Waals surface area contributed by atoms with Gasteiger partial charge in [-0.3, -0.25) is 4.79 Å². The molecule has 3 aromatic rings. The van der Waals surface area contributed by atoms with Crippen molar-refractivity contribution in [1.82, 2.24) is 9.97 Å². The number of para-hydroxylation sites is 2. The molecule has 0 spiro atoms. The molecule has 1 aromatic heterocycles. The van der Waals surface area contributed by atoms with E-state index in [1.807, 2.05) is 48.5 Å². The fraction of sp³-hybridized carbons (Fsp3) is 0.250. The molecule has 0 unspecified atom stereocenters. The summed E-state index contributed by atoms with van der Waals surface area (Å²) >= 11 is 0. The van der Waals surface area contributed by atoms with E-state index in [0.717, 1.165) is 48.3 Å². The zero-order valence-corrected chi connectivity index (χ0v) is 13.9. The van der Waals surface area contributed by atoms with Crippen molar-refractivity contribution in [2.45, 2.75) is 12.8 Å². The van der Waals surface area contributed by atoms with Crippen LogP contribution in [0.15, 0.2) is 60.9 Å². The van der Waals surface area contributed by atoms with Gasteiger partial charge in [-0.15, -0.1) is 0 Å². The summed E-state index contributed by atoms with van der Waals surface area (Å²) in [7, 11) is 0. The van der Waals surface area contributed by atoms with Gasteiger partial charge in [-0.1, -0.05) is 30.3 Å². The number of nitrogens with one attached hydrogen (secondary N) is 1. The second kappa shape index (κ2) is 6.89. The summed E-state index contributed by atoms with van der Waals surface area (Å²) in [4.78, 5) is 23.5. The molecular formula is C20H20N4O. The van der Waals surface area contributed by atoms with Gasteiger partial charge in [0.15, 0.2) is 0 Å². The van der Waals surface area contributed by atoms with Crippen molar-refractivity contribution in [2.24, 2.45) is 5.92 Å². The van der Waals surface area contributed by atoms with Crippen LogP contribution in [0.25, 0.3) is 10.9 Å². The summed E-state index contributed by atoms with van der Waals surface area (Å²) in [6.45, 7) is 1.65. The van der Waals surface area contributed by atoms with E-state index < -0.39 is 0 Å². The van der Waals surface area contributed by atoms with Gasteiger partial charge in [-0.25, -0.2) is 9.97 Å². The average molecular weight is 332 g/mol. The first kappa shape index (κ1) is 15.6. The Hall–Kier alpha value is -2.95. The lowest BCUT2D eigenvalue weighted by Gasteiger charge is -2.32. The molecule has 1 aliphatic heterocycles. The molecule has 1 N–H and O–H groups in total. The van der Waals surface area contributed by atoms with E-state index in [-0.39, 0.29) is 11.8 Å². The van der Waals surface area contributed by atoms with Gasteiger partial charge < -0.3 is 10.2 Å². The molecule has 4 rings (SSSR count).